The summed E-state index contributed by atoms with van der Waals surface area (Å²) in [5, 5.41) is 4.83. The van der Waals surface area contributed by atoms with Gasteiger partial charge in [-0.3, -0.25) is 0 Å². The molecule has 0 radical (unpaired) electrons. The number of hydrazine groups is 2. The lowest BCUT2D eigenvalue weighted by molar-refractivity contribution is 0.116. The summed E-state index contributed by atoms with van der Waals surface area (Å²) in [5.74, 6) is 0.643. The van der Waals surface area contributed by atoms with Crippen LogP contribution in [0.4, 0.5) is 4.79 Å². The molecular weight excluding hydrogens is 194 g/mol. The van der Waals surface area contributed by atoms with E-state index >= 15 is 0 Å². The van der Waals surface area contributed by atoms with Crippen molar-refractivity contribution in [2.75, 3.05) is 33.7 Å². The number of fused-ring (bicyclic) bond motifs is 1. The van der Waals surface area contributed by atoms with Gasteiger partial charge in [0, 0.05) is 33.2 Å². The molecule has 2 amide bonds. The molecule has 86 valence electrons. The van der Waals surface area contributed by atoms with Crippen LogP contribution in [0.5, 0.6) is 0 Å². The first-order valence-corrected chi connectivity index (χ1v) is 5.43. The van der Waals surface area contributed by atoms with Crippen LogP contribution in [0.2, 0.25) is 0 Å². The Balaban J connectivity index is 1.92. The highest BCUT2D eigenvalue weighted by Crippen LogP contribution is 2.24. The van der Waals surface area contributed by atoms with Crippen LogP contribution in [-0.4, -0.2) is 55.8 Å². The molecule has 2 saturated heterocycles. The highest BCUT2D eigenvalue weighted by atomic mass is 16.2. The fourth-order valence-electron chi connectivity index (χ4n) is 2.45. The number of nitrogens with zero attached hydrogens (tertiary/aromatic N) is 2. The number of carbonyl (C=O) groups excluding carboxylic acids is 1. The summed E-state index contributed by atoms with van der Waals surface area (Å²) in [6.45, 7) is 2.79. The predicted octanol–water partition coefficient (Wildman–Crippen LogP) is -1.03. The van der Waals surface area contributed by atoms with Gasteiger partial charge < -0.3 is 10.2 Å². The number of amides is 2. The van der Waals surface area contributed by atoms with E-state index in [-0.39, 0.29) is 6.03 Å². The smallest absolute Gasteiger partial charge is 0.320 e. The van der Waals surface area contributed by atoms with Gasteiger partial charge in [0.15, 0.2) is 0 Å². The Morgan fingerprint density at radius 2 is 2.13 bits per heavy atom. The van der Waals surface area contributed by atoms with Crippen LogP contribution in [0, 0.1) is 5.92 Å². The van der Waals surface area contributed by atoms with Gasteiger partial charge in [-0.05, 0) is 18.9 Å². The maximum atomic E-state index is 11.9. The van der Waals surface area contributed by atoms with Gasteiger partial charge in [0.2, 0.25) is 0 Å². The fraction of sp³-hybridized carbons (Fsp3) is 0.889. The zero-order chi connectivity index (χ0) is 10.8. The summed E-state index contributed by atoms with van der Waals surface area (Å²) in [4.78, 5) is 13.8. The summed E-state index contributed by atoms with van der Waals surface area (Å²) in [6.07, 6.45) is 1.19. The Morgan fingerprint density at radius 3 is 2.73 bits per heavy atom. The SMILES string of the molecule is CNN(NC)C(=O)N1C[C@@H]2CCN[C@@H]2C1. The van der Waals surface area contributed by atoms with E-state index in [0.29, 0.717) is 12.0 Å². The molecule has 0 aromatic rings. The van der Waals surface area contributed by atoms with Crippen LogP contribution in [-0.2, 0) is 0 Å². The topological polar surface area (TPSA) is 59.6 Å². The Labute approximate surface area is 89.9 Å². The molecule has 0 aromatic carbocycles. The molecule has 0 unspecified atom stereocenters. The van der Waals surface area contributed by atoms with Crippen LogP contribution >= 0.6 is 0 Å². The van der Waals surface area contributed by atoms with Crippen molar-refractivity contribution < 1.29 is 4.79 Å². The molecule has 0 saturated carbocycles. The van der Waals surface area contributed by atoms with Gasteiger partial charge in [0.05, 0.1) is 0 Å². The molecule has 2 heterocycles. The number of hydrogen-bond acceptors (Lipinski definition) is 4. The molecule has 0 bridgehead atoms. The highest BCUT2D eigenvalue weighted by molar-refractivity contribution is 5.73. The van der Waals surface area contributed by atoms with Crippen LogP contribution in [0.1, 0.15) is 6.42 Å². The average molecular weight is 213 g/mol. The van der Waals surface area contributed by atoms with Crippen molar-refractivity contribution in [3.05, 3.63) is 0 Å². The van der Waals surface area contributed by atoms with Gasteiger partial charge in [0.25, 0.3) is 0 Å². The van der Waals surface area contributed by atoms with Crippen molar-refractivity contribution in [2.24, 2.45) is 5.92 Å². The molecule has 6 nitrogen and oxygen atoms in total. The van der Waals surface area contributed by atoms with Crippen molar-refractivity contribution >= 4 is 6.03 Å². The van der Waals surface area contributed by atoms with Gasteiger partial charge in [-0.25, -0.2) is 15.6 Å². The fourth-order valence-corrected chi connectivity index (χ4v) is 2.45. The van der Waals surface area contributed by atoms with Crippen LogP contribution in [0.15, 0.2) is 0 Å². The number of likely N-dealkylation sites (tertiary alicyclic amines) is 1. The number of carbonyl (C=O) groups is 1. The second-order valence-corrected chi connectivity index (χ2v) is 4.08. The van der Waals surface area contributed by atoms with Crippen molar-refractivity contribution in [1.82, 2.24) is 26.2 Å². The molecular formula is C9H19N5O. The highest BCUT2D eigenvalue weighted by Gasteiger charge is 2.39. The van der Waals surface area contributed by atoms with Crippen LogP contribution in [0.3, 0.4) is 0 Å². The summed E-state index contributed by atoms with van der Waals surface area (Å²) in [6, 6.07) is 0.501. The zero-order valence-electron chi connectivity index (χ0n) is 9.29. The number of nitrogens with one attached hydrogen (secondary N) is 3. The predicted molar refractivity (Wildman–Crippen MR) is 56.8 cm³/mol. The third-order valence-electron chi connectivity index (χ3n) is 3.27. The van der Waals surface area contributed by atoms with Gasteiger partial charge in [-0.2, -0.15) is 5.12 Å². The monoisotopic (exact) mass is 213 g/mol. The molecule has 6 heteroatoms. The summed E-state index contributed by atoms with van der Waals surface area (Å²) >= 11 is 0. The Bertz CT molecular complexity index is 231. The minimum absolute atomic E-state index is 0.00352. The van der Waals surface area contributed by atoms with Crippen molar-refractivity contribution in [1.29, 1.82) is 0 Å². The quantitative estimate of drug-likeness (QED) is 0.513. The lowest BCUT2D eigenvalue weighted by Crippen LogP contribution is -2.54. The number of rotatable bonds is 2. The first-order valence-electron chi connectivity index (χ1n) is 5.43. The third-order valence-corrected chi connectivity index (χ3v) is 3.27. The van der Waals surface area contributed by atoms with E-state index in [1.54, 1.807) is 14.1 Å². The Morgan fingerprint density at radius 1 is 1.40 bits per heavy atom. The summed E-state index contributed by atoms with van der Waals surface area (Å²) < 4.78 is 0. The van der Waals surface area contributed by atoms with Gasteiger partial charge in [-0.15, -0.1) is 0 Å². The Kier molecular flexibility index (Phi) is 3.08. The van der Waals surface area contributed by atoms with Crippen molar-refractivity contribution in [3.63, 3.8) is 0 Å². The van der Waals surface area contributed by atoms with E-state index in [1.807, 2.05) is 4.90 Å². The summed E-state index contributed by atoms with van der Waals surface area (Å²) in [7, 11) is 3.45. The van der Waals surface area contributed by atoms with E-state index in [2.05, 4.69) is 16.2 Å². The molecule has 2 aliphatic rings. The molecule has 2 atom stereocenters. The largest absolute Gasteiger partial charge is 0.349 e. The second-order valence-electron chi connectivity index (χ2n) is 4.08. The summed E-state index contributed by atoms with van der Waals surface area (Å²) in [5.41, 5.74) is 5.61. The lowest BCUT2D eigenvalue weighted by atomic mass is 10.1. The van der Waals surface area contributed by atoms with Crippen LogP contribution < -0.4 is 16.2 Å². The number of hydrogen-bond donors (Lipinski definition) is 3. The maximum absolute atomic E-state index is 11.9. The minimum atomic E-state index is -0.00352. The van der Waals surface area contributed by atoms with E-state index in [0.717, 1.165) is 19.6 Å². The molecule has 3 N–H and O–H groups in total. The Hall–Kier alpha value is -0.850. The van der Waals surface area contributed by atoms with E-state index in [4.69, 9.17) is 0 Å². The molecule has 0 aromatic heterocycles. The van der Waals surface area contributed by atoms with Crippen LogP contribution in [0.25, 0.3) is 0 Å². The molecule has 2 rings (SSSR count). The standard InChI is InChI=1S/C9H19N5O/c1-10-14(11-2)9(15)13-5-7-3-4-12-8(7)6-13/h7-8,10-12H,3-6H2,1-2H3/t7-,8+/m0/s1. The lowest BCUT2D eigenvalue weighted by Gasteiger charge is -2.26. The molecule has 15 heavy (non-hydrogen) atoms. The molecule has 2 aliphatic heterocycles. The first kappa shape index (κ1) is 10.7. The van der Waals surface area contributed by atoms with E-state index < -0.39 is 0 Å². The molecule has 0 aliphatic carbocycles. The van der Waals surface area contributed by atoms with Crippen molar-refractivity contribution in [2.45, 2.75) is 12.5 Å². The van der Waals surface area contributed by atoms with Gasteiger partial charge in [-0.1, -0.05) is 0 Å². The van der Waals surface area contributed by atoms with Gasteiger partial charge >= 0.3 is 6.03 Å². The average Bonchev–Trinajstić information content (AvgIpc) is 2.78. The zero-order valence-corrected chi connectivity index (χ0v) is 9.29. The van der Waals surface area contributed by atoms with E-state index in [9.17, 15) is 4.79 Å². The van der Waals surface area contributed by atoms with Gasteiger partial charge in [0.1, 0.15) is 0 Å². The first-order chi connectivity index (χ1) is 7.26. The molecule has 2 fully saturated rings. The normalized spacial score (nSPS) is 29.3. The molecule has 0 spiro atoms. The van der Waals surface area contributed by atoms with Crippen molar-refractivity contribution in [3.8, 4) is 0 Å². The maximum Gasteiger partial charge on any atom is 0.349 e. The number of urea groups is 1. The third kappa shape index (κ3) is 1.92. The second kappa shape index (κ2) is 4.34. The van der Waals surface area contributed by atoms with E-state index in [1.165, 1.54) is 11.5 Å². The minimum Gasteiger partial charge on any atom is -0.320 e.